The molecule has 6 nitrogen and oxygen atoms in total. The van der Waals surface area contributed by atoms with Gasteiger partial charge in [0, 0.05) is 25.2 Å². The average molecular weight is 298 g/mol. The molecule has 0 aromatic carbocycles. The second kappa shape index (κ2) is 5.46. The first-order valence-corrected chi connectivity index (χ1v) is 8.80. The molecule has 1 saturated carbocycles. The summed E-state index contributed by atoms with van der Waals surface area (Å²) in [6.45, 7) is 4.68. The van der Waals surface area contributed by atoms with Gasteiger partial charge in [-0.1, -0.05) is 13.3 Å². The normalized spacial score (nSPS) is 27.1. The second-order valence-corrected chi connectivity index (χ2v) is 7.65. The van der Waals surface area contributed by atoms with Crippen molar-refractivity contribution in [3.8, 4) is 0 Å². The van der Waals surface area contributed by atoms with E-state index < -0.39 is 10.0 Å². The van der Waals surface area contributed by atoms with Crippen LogP contribution in [0.25, 0.3) is 0 Å². The Hall–Kier alpha value is -0.920. The van der Waals surface area contributed by atoms with Crippen molar-refractivity contribution < 1.29 is 8.42 Å². The molecule has 1 aromatic heterocycles. The summed E-state index contributed by atoms with van der Waals surface area (Å²) in [7, 11) is -3.42. The van der Waals surface area contributed by atoms with Crippen LogP contribution < -0.4 is 5.32 Å². The first-order chi connectivity index (χ1) is 9.63. The van der Waals surface area contributed by atoms with Crippen molar-refractivity contribution in [2.75, 3.05) is 19.6 Å². The first kappa shape index (κ1) is 14.0. The van der Waals surface area contributed by atoms with Gasteiger partial charge in [0.2, 0.25) is 0 Å². The van der Waals surface area contributed by atoms with Gasteiger partial charge in [-0.05, 0) is 31.2 Å². The van der Waals surface area contributed by atoms with Crippen LogP contribution in [0.2, 0.25) is 0 Å². The quantitative estimate of drug-likeness (QED) is 0.848. The van der Waals surface area contributed by atoms with E-state index in [-0.39, 0.29) is 5.03 Å². The third-order valence-electron chi connectivity index (χ3n) is 4.53. The van der Waals surface area contributed by atoms with Crippen LogP contribution in [0.1, 0.15) is 31.7 Å². The Morgan fingerprint density at radius 3 is 2.75 bits per heavy atom. The number of nitrogens with one attached hydrogen (secondary N) is 2. The zero-order valence-electron chi connectivity index (χ0n) is 11.8. The molecule has 2 aliphatic rings. The summed E-state index contributed by atoms with van der Waals surface area (Å²) < 4.78 is 27.1. The lowest BCUT2D eigenvalue weighted by Gasteiger charge is -2.17. The van der Waals surface area contributed by atoms with E-state index in [1.807, 2.05) is 6.92 Å². The standard InChI is InChI=1S/C13H22N4O2S/c1-2-14-6-12-7-15-16-13(12)20(18,19)17-8-10-4-3-5-11(10)9-17/h7,10-11,14H,2-6,8-9H2,1H3,(H,15,16). The molecule has 7 heteroatoms. The topological polar surface area (TPSA) is 78.1 Å². The minimum atomic E-state index is -3.42. The highest BCUT2D eigenvalue weighted by Crippen LogP contribution is 2.39. The van der Waals surface area contributed by atoms with Crippen LogP contribution in [0.15, 0.2) is 11.2 Å². The fraction of sp³-hybridized carbons (Fsp3) is 0.769. The Morgan fingerprint density at radius 1 is 1.40 bits per heavy atom. The van der Waals surface area contributed by atoms with Crippen LogP contribution in [0.3, 0.4) is 0 Å². The molecule has 2 heterocycles. The Labute approximate surface area is 120 Å². The van der Waals surface area contributed by atoms with Crippen LogP contribution in [-0.4, -0.2) is 42.6 Å². The zero-order chi connectivity index (χ0) is 14.2. The van der Waals surface area contributed by atoms with E-state index >= 15 is 0 Å². The maximum absolute atomic E-state index is 12.7. The van der Waals surface area contributed by atoms with Crippen molar-refractivity contribution in [2.24, 2.45) is 11.8 Å². The van der Waals surface area contributed by atoms with Gasteiger partial charge < -0.3 is 5.32 Å². The largest absolute Gasteiger partial charge is 0.313 e. The van der Waals surface area contributed by atoms with Gasteiger partial charge in [0.25, 0.3) is 10.0 Å². The fourth-order valence-corrected chi connectivity index (χ4v) is 5.08. The fourth-order valence-electron chi connectivity index (χ4n) is 3.43. The lowest BCUT2D eigenvalue weighted by molar-refractivity contribution is 0.442. The van der Waals surface area contributed by atoms with Gasteiger partial charge in [0.05, 0.1) is 6.20 Å². The molecular formula is C13H22N4O2S. The molecular weight excluding hydrogens is 276 g/mol. The lowest BCUT2D eigenvalue weighted by Crippen LogP contribution is -2.31. The smallest absolute Gasteiger partial charge is 0.260 e. The minimum Gasteiger partial charge on any atom is -0.313 e. The summed E-state index contributed by atoms with van der Waals surface area (Å²) in [5.74, 6) is 1.12. The molecule has 2 unspecified atom stereocenters. The minimum absolute atomic E-state index is 0.262. The summed E-state index contributed by atoms with van der Waals surface area (Å²) >= 11 is 0. The average Bonchev–Trinajstić information content (AvgIpc) is 3.10. The van der Waals surface area contributed by atoms with Crippen molar-refractivity contribution in [2.45, 2.75) is 37.8 Å². The number of hydrogen-bond donors (Lipinski definition) is 2. The Bertz CT molecular complexity index is 557. The molecule has 3 rings (SSSR count). The van der Waals surface area contributed by atoms with Gasteiger partial charge in [-0.15, -0.1) is 0 Å². The van der Waals surface area contributed by atoms with Gasteiger partial charge in [-0.2, -0.15) is 9.40 Å². The number of aromatic amines is 1. The second-order valence-electron chi connectivity index (χ2n) is 5.78. The van der Waals surface area contributed by atoms with Crippen LogP contribution in [-0.2, 0) is 16.6 Å². The molecule has 0 bridgehead atoms. The third-order valence-corrected chi connectivity index (χ3v) is 6.38. The summed E-state index contributed by atoms with van der Waals surface area (Å²) in [6, 6.07) is 0. The molecule has 1 aromatic rings. The SMILES string of the molecule is CCNCc1cn[nH]c1S(=O)(=O)N1CC2CCCC2C1. The summed E-state index contributed by atoms with van der Waals surface area (Å²) in [6.07, 6.45) is 5.19. The van der Waals surface area contributed by atoms with Crippen molar-refractivity contribution in [1.29, 1.82) is 0 Å². The van der Waals surface area contributed by atoms with E-state index in [2.05, 4.69) is 15.5 Å². The molecule has 2 atom stereocenters. The first-order valence-electron chi connectivity index (χ1n) is 7.36. The Kier molecular flexibility index (Phi) is 3.83. The van der Waals surface area contributed by atoms with Gasteiger partial charge in [-0.3, -0.25) is 5.10 Å². The lowest BCUT2D eigenvalue weighted by atomic mass is 10.0. The van der Waals surface area contributed by atoms with Gasteiger partial charge in [-0.25, -0.2) is 8.42 Å². The van der Waals surface area contributed by atoms with Crippen molar-refractivity contribution >= 4 is 10.0 Å². The summed E-state index contributed by atoms with van der Waals surface area (Å²) in [4.78, 5) is 0. The molecule has 2 fully saturated rings. The van der Waals surface area contributed by atoms with Gasteiger partial charge in [0.15, 0.2) is 5.03 Å². The van der Waals surface area contributed by atoms with Crippen molar-refractivity contribution in [3.63, 3.8) is 0 Å². The Morgan fingerprint density at radius 2 is 2.10 bits per heavy atom. The van der Waals surface area contributed by atoms with Crippen LogP contribution >= 0.6 is 0 Å². The zero-order valence-corrected chi connectivity index (χ0v) is 12.6. The van der Waals surface area contributed by atoms with Crippen molar-refractivity contribution in [3.05, 3.63) is 11.8 Å². The van der Waals surface area contributed by atoms with Crippen LogP contribution in [0, 0.1) is 11.8 Å². The number of nitrogens with zero attached hydrogens (tertiary/aromatic N) is 2. The number of rotatable bonds is 5. The number of hydrogen-bond acceptors (Lipinski definition) is 4. The molecule has 20 heavy (non-hydrogen) atoms. The molecule has 1 aliphatic heterocycles. The van der Waals surface area contributed by atoms with Gasteiger partial charge >= 0.3 is 0 Å². The highest BCUT2D eigenvalue weighted by Gasteiger charge is 2.42. The van der Waals surface area contributed by atoms with E-state index in [0.29, 0.717) is 31.5 Å². The number of aromatic nitrogens is 2. The Balaban J connectivity index is 1.80. The predicted molar refractivity (Wildman–Crippen MR) is 75.6 cm³/mol. The molecule has 112 valence electrons. The highest BCUT2D eigenvalue weighted by atomic mass is 32.2. The summed E-state index contributed by atoms with van der Waals surface area (Å²) in [5, 5.41) is 10.0. The third kappa shape index (κ3) is 2.38. The molecule has 2 N–H and O–H groups in total. The van der Waals surface area contributed by atoms with Crippen molar-refractivity contribution in [1.82, 2.24) is 19.8 Å². The molecule has 1 aliphatic carbocycles. The maximum atomic E-state index is 12.7. The molecule has 1 saturated heterocycles. The van der Waals surface area contributed by atoms with E-state index in [4.69, 9.17) is 0 Å². The van der Waals surface area contributed by atoms with Gasteiger partial charge in [0.1, 0.15) is 0 Å². The molecule has 0 radical (unpaired) electrons. The van der Waals surface area contributed by atoms with E-state index in [9.17, 15) is 8.42 Å². The van der Waals surface area contributed by atoms with E-state index in [1.54, 1.807) is 10.5 Å². The number of sulfonamides is 1. The highest BCUT2D eigenvalue weighted by molar-refractivity contribution is 7.89. The number of H-pyrrole nitrogens is 1. The van der Waals surface area contributed by atoms with E-state index in [1.165, 1.54) is 19.3 Å². The molecule has 0 spiro atoms. The molecule has 0 amide bonds. The summed E-state index contributed by atoms with van der Waals surface area (Å²) in [5.41, 5.74) is 0.726. The van der Waals surface area contributed by atoms with Crippen LogP contribution in [0.5, 0.6) is 0 Å². The van der Waals surface area contributed by atoms with Crippen LogP contribution in [0.4, 0.5) is 0 Å². The van der Waals surface area contributed by atoms with E-state index in [0.717, 1.165) is 12.1 Å². The maximum Gasteiger partial charge on any atom is 0.260 e. The number of fused-ring (bicyclic) bond motifs is 1. The monoisotopic (exact) mass is 298 g/mol. The predicted octanol–water partition coefficient (Wildman–Crippen LogP) is 0.940.